The maximum Gasteiger partial charge on any atom is 0.137 e. The van der Waals surface area contributed by atoms with Crippen LogP contribution in [0.25, 0.3) is 71.2 Å². The number of aromatic nitrogens is 2. The Hall–Kier alpha value is -4.50. The number of nitrogens with one attached hydrogen (secondary N) is 1. The molecule has 0 bridgehead atoms. The Balaban J connectivity index is 1.42. The minimum atomic E-state index is 0.904. The predicted molar refractivity (Wildman–Crippen MR) is 137 cm³/mol. The first-order valence-electron chi connectivity index (χ1n) is 11.2. The van der Waals surface area contributed by atoms with E-state index in [4.69, 9.17) is 4.42 Å². The molecule has 0 radical (unpaired) electrons. The van der Waals surface area contributed by atoms with Gasteiger partial charge in [0.25, 0.3) is 0 Å². The lowest BCUT2D eigenvalue weighted by Gasteiger charge is -2.07. The van der Waals surface area contributed by atoms with E-state index in [1.807, 2.05) is 0 Å². The predicted octanol–water partition coefficient (Wildman–Crippen LogP) is 8.32. The monoisotopic (exact) mass is 422 g/mol. The van der Waals surface area contributed by atoms with Crippen LogP contribution in [0, 0.1) is 0 Å². The summed E-state index contributed by atoms with van der Waals surface area (Å²) in [4.78, 5) is 3.52. The molecule has 0 saturated carbocycles. The number of aromatic amines is 1. The SMILES string of the molecule is c1ccc2c(c1)[nH]c1cc3oc4cc(-n5c6ccccc6c6ccccc65)ccc4c3cc12. The molecule has 5 aromatic carbocycles. The summed E-state index contributed by atoms with van der Waals surface area (Å²) in [5.74, 6) is 0. The van der Waals surface area contributed by atoms with Gasteiger partial charge in [-0.05, 0) is 36.4 Å². The van der Waals surface area contributed by atoms with Crippen LogP contribution in [-0.4, -0.2) is 9.55 Å². The second kappa shape index (κ2) is 6.05. The van der Waals surface area contributed by atoms with Crippen molar-refractivity contribution in [2.45, 2.75) is 0 Å². The molecule has 0 amide bonds. The van der Waals surface area contributed by atoms with Crippen molar-refractivity contribution in [1.82, 2.24) is 9.55 Å². The standard InChI is InChI=1S/C30H18N2O/c1-4-10-25-19(7-1)23-16-24-22-14-13-18(15-29(22)33-30(24)17-26(23)31-25)32-27-11-5-2-8-20(27)21-9-3-6-12-28(21)32/h1-17,31H. The molecule has 3 heterocycles. The van der Waals surface area contributed by atoms with E-state index in [9.17, 15) is 0 Å². The zero-order valence-corrected chi connectivity index (χ0v) is 17.7. The van der Waals surface area contributed by atoms with E-state index in [0.29, 0.717) is 0 Å². The van der Waals surface area contributed by atoms with Crippen molar-refractivity contribution in [2.75, 3.05) is 0 Å². The molecule has 3 heteroatoms. The minimum absolute atomic E-state index is 0.904. The summed E-state index contributed by atoms with van der Waals surface area (Å²) in [6.07, 6.45) is 0. The van der Waals surface area contributed by atoms with E-state index in [-0.39, 0.29) is 0 Å². The molecule has 0 atom stereocenters. The zero-order valence-electron chi connectivity index (χ0n) is 17.7. The lowest BCUT2D eigenvalue weighted by atomic mass is 10.1. The molecule has 0 unspecified atom stereocenters. The van der Waals surface area contributed by atoms with Crippen LogP contribution in [0.4, 0.5) is 0 Å². The average molecular weight is 422 g/mol. The quantitative estimate of drug-likeness (QED) is 0.283. The highest BCUT2D eigenvalue weighted by molar-refractivity contribution is 6.16. The van der Waals surface area contributed by atoms with Gasteiger partial charge in [0.2, 0.25) is 0 Å². The van der Waals surface area contributed by atoms with Gasteiger partial charge >= 0.3 is 0 Å². The van der Waals surface area contributed by atoms with Crippen LogP contribution < -0.4 is 0 Å². The first-order valence-corrected chi connectivity index (χ1v) is 11.2. The van der Waals surface area contributed by atoms with Crippen molar-refractivity contribution in [2.24, 2.45) is 0 Å². The van der Waals surface area contributed by atoms with Crippen LogP contribution in [-0.2, 0) is 0 Å². The Morgan fingerprint density at radius 3 is 1.94 bits per heavy atom. The average Bonchev–Trinajstić information content (AvgIpc) is 3.51. The van der Waals surface area contributed by atoms with E-state index in [0.717, 1.165) is 38.7 Å². The van der Waals surface area contributed by atoms with Gasteiger partial charge in [-0.2, -0.15) is 0 Å². The minimum Gasteiger partial charge on any atom is -0.456 e. The van der Waals surface area contributed by atoms with Gasteiger partial charge in [0, 0.05) is 55.7 Å². The lowest BCUT2D eigenvalue weighted by molar-refractivity contribution is 0.669. The number of hydrogen-bond acceptors (Lipinski definition) is 1. The first kappa shape index (κ1) is 17.1. The van der Waals surface area contributed by atoms with Crippen molar-refractivity contribution in [3.63, 3.8) is 0 Å². The summed E-state index contributed by atoms with van der Waals surface area (Å²) in [5, 5.41) is 7.29. The summed E-state index contributed by atoms with van der Waals surface area (Å²) in [5.41, 5.74) is 7.58. The van der Waals surface area contributed by atoms with Gasteiger partial charge < -0.3 is 14.0 Å². The van der Waals surface area contributed by atoms with Gasteiger partial charge in [0.1, 0.15) is 11.2 Å². The maximum absolute atomic E-state index is 6.39. The van der Waals surface area contributed by atoms with Crippen LogP contribution in [0.5, 0.6) is 0 Å². The molecule has 154 valence electrons. The summed E-state index contributed by atoms with van der Waals surface area (Å²) < 4.78 is 8.71. The molecule has 0 saturated heterocycles. The fourth-order valence-electron chi connectivity index (χ4n) is 5.45. The molecule has 33 heavy (non-hydrogen) atoms. The summed E-state index contributed by atoms with van der Waals surface area (Å²) >= 11 is 0. The highest BCUT2D eigenvalue weighted by atomic mass is 16.3. The molecular formula is C30H18N2O. The van der Waals surface area contributed by atoms with Gasteiger partial charge in [-0.25, -0.2) is 0 Å². The third-order valence-electron chi connectivity index (χ3n) is 6.92. The summed E-state index contributed by atoms with van der Waals surface area (Å²) in [6, 6.07) is 36.6. The Kier molecular flexibility index (Phi) is 3.14. The molecule has 0 fully saturated rings. The van der Waals surface area contributed by atoms with E-state index < -0.39 is 0 Å². The van der Waals surface area contributed by atoms with Crippen molar-refractivity contribution < 1.29 is 4.42 Å². The van der Waals surface area contributed by atoms with Crippen molar-refractivity contribution in [1.29, 1.82) is 0 Å². The van der Waals surface area contributed by atoms with Crippen LogP contribution in [0.1, 0.15) is 0 Å². The van der Waals surface area contributed by atoms with Crippen LogP contribution in [0.2, 0.25) is 0 Å². The molecule has 0 aliphatic rings. The molecule has 1 N–H and O–H groups in total. The smallest absolute Gasteiger partial charge is 0.137 e. The number of benzene rings is 5. The summed E-state index contributed by atoms with van der Waals surface area (Å²) in [6.45, 7) is 0. The molecular weight excluding hydrogens is 404 g/mol. The number of para-hydroxylation sites is 3. The van der Waals surface area contributed by atoms with Crippen molar-refractivity contribution in [3.05, 3.63) is 103 Å². The topological polar surface area (TPSA) is 33.9 Å². The number of rotatable bonds is 1. The number of hydrogen-bond donors (Lipinski definition) is 1. The molecule has 3 nitrogen and oxygen atoms in total. The Morgan fingerprint density at radius 2 is 1.15 bits per heavy atom. The maximum atomic E-state index is 6.39. The molecule has 8 rings (SSSR count). The number of nitrogens with zero attached hydrogens (tertiary/aromatic N) is 1. The van der Waals surface area contributed by atoms with Crippen molar-refractivity contribution in [3.8, 4) is 5.69 Å². The zero-order chi connectivity index (χ0) is 21.5. The normalized spacial score (nSPS) is 12.2. The van der Waals surface area contributed by atoms with Crippen molar-refractivity contribution >= 4 is 65.6 Å². The molecule has 0 spiro atoms. The molecule has 3 aromatic heterocycles. The third-order valence-corrected chi connectivity index (χ3v) is 6.92. The van der Waals surface area contributed by atoms with E-state index in [1.54, 1.807) is 0 Å². The van der Waals surface area contributed by atoms with Crippen LogP contribution >= 0.6 is 0 Å². The third kappa shape index (κ3) is 2.23. The van der Waals surface area contributed by atoms with Gasteiger partial charge in [-0.3, -0.25) is 0 Å². The van der Waals surface area contributed by atoms with Gasteiger partial charge in [-0.15, -0.1) is 0 Å². The van der Waals surface area contributed by atoms with E-state index in [1.165, 1.54) is 32.6 Å². The van der Waals surface area contributed by atoms with Crippen LogP contribution in [0.3, 0.4) is 0 Å². The highest BCUT2D eigenvalue weighted by Crippen LogP contribution is 2.37. The number of fused-ring (bicyclic) bond motifs is 9. The largest absolute Gasteiger partial charge is 0.456 e. The Bertz CT molecular complexity index is 1980. The van der Waals surface area contributed by atoms with E-state index >= 15 is 0 Å². The fourth-order valence-corrected chi connectivity index (χ4v) is 5.45. The molecule has 8 aromatic rings. The number of H-pyrrole nitrogens is 1. The molecule has 0 aliphatic heterocycles. The first-order chi connectivity index (χ1) is 16.3. The second-order valence-electron chi connectivity index (χ2n) is 8.72. The second-order valence-corrected chi connectivity index (χ2v) is 8.72. The van der Waals surface area contributed by atoms with E-state index in [2.05, 4.69) is 113 Å². The highest BCUT2D eigenvalue weighted by Gasteiger charge is 2.15. The summed E-state index contributed by atoms with van der Waals surface area (Å²) in [7, 11) is 0. The van der Waals surface area contributed by atoms with Gasteiger partial charge in [-0.1, -0.05) is 54.6 Å². The number of furan rings is 1. The Morgan fingerprint density at radius 1 is 0.485 bits per heavy atom. The van der Waals surface area contributed by atoms with Crippen LogP contribution in [0.15, 0.2) is 108 Å². The van der Waals surface area contributed by atoms with Gasteiger partial charge in [0.05, 0.1) is 16.6 Å². The van der Waals surface area contributed by atoms with Gasteiger partial charge in [0.15, 0.2) is 0 Å². The molecule has 0 aliphatic carbocycles. The lowest BCUT2D eigenvalue weighted by Crippen LogP contribution is -1.93. The fraction of sp³-hybridized carbons (Fsp3) is 0. The Labute approximate surface area is 188 Å².